The van der Waals surface area contributed by atoms with E-state index < -0.39 is 0 Å². The average Bonchev–Trinajstić information content (AvgIpc) is 2.24. The molecule has 0 atom stereocenters. The topological polar surface area (TPSA) is 43.8 Å². The Labute approximate surface area is 80.1 Å². The van der Waals surface area contributed by atoms with Gasteiger partial charge in [0.1, 0.15) is 0 Å². The van der Waals surface area contributed by atoms with Crippen molar-refractivity contribution < 1.29 is 0 Å². The van der Waals surface area contributed by atoms with Crippen LogP contribution in [0.4, 0.5) is 5.82 Å². The van der Waals surface area contributed by atoms with Crippen LogP contribution in [0.15, 0.2) is 10.7 Å². The standard InChI is InChI=1S/C8H12BrN3/c9-7-5-12(11-8(7)10)4-6-2-1-3-6/h5-6H,1-4H2,(H2,10,11). The summed E-state index contributed by atoms with van der Waals surface area (Å²) in [5, 5.41) is 4.18. The second kappa shape index (κ2) is 3.09. The lowest BCUT2D eigenvalue weighted by Crippen LogP contribution is -2.18. The van der Waals surface area contributed by atoms with Crippen molar-refractivity contribution in [3.05, 3.63) is 10.7 Å². The molecule has 1 aliphatic carbocycles. The molecule has 0 amide bonds. The molecule has 4 heteroatoms. The molecule has 1 aromatic heterocycles. The quantitative estimate of drug-likeness (QED) is 0.844. The molecule has 3 nitrogen and oxygen atoms in total. The molecule has 0 unspecified atom stereocenters. The highest BCUT2D eigenvalue weighted by Gasteiger charge is 2.18. The van der Waals surface area contributed by atoms with E-state index in [1.807, 2.05) is 10.9 Å². The minimum Gasteiger partial charge on any atom is -0.381 e. The highest BCUT2D eigenvalue weighted by atomic mass is 79.9. The first-order valence-corrected chi connectivity index (χ1v) is 5.03. The Bertz CT molecular complexity index is 258. The van der Waals surface area contributed by atoms with E-state index in [9.17, 15) is 0 Å². The number of nitrogens with two attached hydrogens (primary N) is 1. The lowest BCUT2D eigenvalue weighted by atomic mass is 9.85. The zero-order valence-electron chi connectivity index (χ0n) is 6.83. The van der Waals surface area contributed by atoms with Crippen LogP contribution in [0, 0.1) is 5.92 Å². The number of nitrogen functional groups attached to an aromatic ring is 1. The second-order valence-electron chi connectivity index (χ2n) is 3.38. The molecular formula is C8H12BrN3. The molecule has 1 heterocycles. The summed E-state index contributed by atoms with van der Waals surface area (Å²) in [5.74, 6) is 1.42. The minimum absolute atomic E-state index is 0.592. The van der Waals surface area contributed by atoms with Gasteiger partial charge in [-0.15, -0.1) is 0 Å². The van der Waals surface area contributed by atoms with Crippen LogP contribution in [-0.4, -0.2) is 9.78 Å². The van der Waals surface area contributed by atoms with Crippen molar-refractivity contribution in [1.82, 2.24) is 9.78 Å². The van der Waals surface area contributed by atoms with Gasteiger partial charge in [-0.3, -0.25) is 4.68 Å². The fourth-order valence-electron chi connectivity index (χ4n) is 1.45. The van der Waals surface area contributed by atoms with E-state index in [1.54, 1.807) is 0 Å². The van der Waals surface area contributed by atoms with Gasteiger partial charge in [0, 0.05) is 12.7 Å². The number of hydrogen-bond acceptors (Lipinski definition) is 2. The van der Waals surface area contributed by atoms with E-state index in [0.717, 1.165) is 16.9 Å². The van der Waals surface area contributed by atoms with E-state index in [0.29, 0.717) is 5.82 Å². The third-order valence-corrected chi connectivity index (χ3v) is 3.02. The summed E-state index contributed by atoms with van der Waals surface area (Å²) in [4.78, 5) is 0. The van der Waals surface area contributed by atoms with Gasteiger partial charge in [-0.1, -0.05) is 6.42 Å². The van der Waals surface area contributed by atoms with Gasteiger partial charge in [0.15, 0.2) is 5.82 Å². The maximum atomic E-state index is 5.60. The maximum absolute atomic E-state index is 5.60. The Morgan fingerprint density at radius 1 is 1.67 bits per heavy atom. The summed E-state index contributed by atoms with van der Waals surface area (Å²) in [7, 11) is 0. The molecule has 1 fully saturated rings. The van der Waals surface area contributed by atoms with Crippen molar-refractivity contribution in [3.63, 3.8) is 0 Å². The number of aromatic nitrogens is 2. The van der Waals surface area contributed by atoms with Crippen molar-refractivity contribution in [2.24, 2.45) is 5.92 Å². The van der Waals surface area contributed by atoms with Crippen molar-refractivity contribution in [1.29, 1.82) is 0 Å². The van der Waals surface area contributed by atoms with Gasteiger partial charge >= 0.3 is 0 Å². The smallest absolute Gasteiger partial charge is 0.159 e. The lowest BCUT2D eigenvalue weighted by molar-refractivity contribution is 0.267. The van der Waals surface area contributed by atoms with Crippen LogP contribution < -0.4 is 5.73 Å². The van der Waals surface area contributed by atoms with E-state index in [2.05, 4.69) is 21.0 Å². The molecule has 2 N–H and O–H groups in total. The monoisotopic (exact) mass is 229 g/mol. The first kappa shape index (κ1) is 8.10. The number of rotatable bonds is 2. The molecule has 12 heavy (non-hydrogen) atoms. The molecule has 1 saturated carbocycles. The average molecular weight is 230 g/mol. The molecule has 0 radical (unpaired) electrons. The van der Waals surface area contributed by atoms with Crippen LogP contribution >= 0.6 is 15.9 Å². The molecule has 2 rings (SSSR count). The second-order valence-corrected chi connectivity index (χ2v) is 4.24. The lowest BCUT2D eigenvalue weighted by Gasteiger charge is -2.24. The Morgan fingerprint density at radius 2 is 2.42 bits per heavy atom. The highest BCUT2D eigenvalue weighted by Crippen LogP contribution is 2.28. The van der Waals surface area contributed by atoms with Crippen molar-refractivity contribution in [3.8, 4) is 0 Å². The van der Waals surface area contributed by atoms with Crippen LogP contribution in [0.1, 0.15) is 19.3 Å². The van der Waals surface area contributed by atoms with Crippen LogP contribution in [0.3, 0.4) is 0 Å². The summed E-state index contributed by atoms with van der Waals surface area (Å²) in [6.45, 7) is 1.02. The predicted molar refractivity (Wildman–Crippen MR) is 51.7 cm³/mol. The molecule has 66 valence electrons. The third kappa shape index (κ3) is 1.48. The largest absolute Gasteiger partial charge is 0.381 e. The van der Waals surface area contributed by atoms with Crippen LogP contribution in [0.25, 0.3) is 0 Å². The van der Waals surface area contributed by atoms with Crippen molar-refractivity contribution >= 4 is 21.7 Å². The van der Waals surface area contributed by atoms with Crippen LogP contribution in [0.2, 0.25) is 0 Å². The molecule has 0 aliphatic heterocycles. The number of hydrogen-bond donors (Lipinski definition) is 1. The first-order chi connectivity index (χ1) is 5.75. The van der Waals surface area contributed by atoms with E-state index in [4.69, 9.17) is 5.73 Å². The molecule has 0 aromatic carbocycles. The van der Waals surface area contributed by atoms with E-state index >= 15 is 0 Å². The summed E-state index contributed by atoms with van der Waals surface area (Å²) in [5.41, 5.74) is 5.60. The zero-order chi connectivity index (χ0) is 8.55. The molecule has 0 bridgehead atoms. The van der Waals surface area contributed by atoms with E-state index in [1.165, 1.54) is 19.3 Å². The summed E-state index contributed by atoms with van der Waals surface area (Å²) in [6.07, 6.45) is 6.02. The van der Waals surface area contributed by atoms with E-state index in [-0.39, 0.29) is 0 Å². The molecule has 0 spiro atoms. The van der Waals surface area contributed by atoms with Crippen molar-refractivity contribution in [2.45, 2.75) is 25.8 Å². The third-order valence-electron chi connectivity index (χ3n) is 2.41. The number of halogens is 1. The maximum Gasteiger partial charge on any atom is 0.159 e. The first-order valence-electron chi connectivity index (χ1n) is 4.24. The Morgan fingerprint density at radius 3 is 2.83 bits per heavy atom. The van der Waals surface area contributed by atoms with Gasteiger partial charge in [-0.2, -0.15) is 5.10 Å². The number of nitrogens with zero attached hydrogens (tertiary/aromatic N) is 2. The van der Waals surface area contributed by atoms with Crippen LogP contribution in [-0.2, 0) is 6.54 Å². The van der Waals surface area contributed by atoms with Gasteiger partial charge in [0.2, 0.25) is 0 Å². The molecule has 1 aliphatic rings. The van der Waals surface area contributed by atoms with Gasteiger partial charge < -0.3 is 5.73 Å². The van der Waals surface area contributed by atoms with Gasteiger partial charge in [-0.05, 0) is 34.7 Å². The summed E-state index contributed by atoms with van der Waals surface area (Å²) < 4.78 is 2.84. The van der Waals surface area contributed by atoms with Gasteiger partial charge in [0.05, 0.1) is 4.47 Å². The predicted octanol–water partition coefficient (Wildman–Crippen LogP) is 2.03. The van der Waals surface area contributed by atoms with Crippen molar-refractivity contribution in [2.75, 3.05) is 5.73 Å². The fraction of sp³-hybridized carbons (Fsp3) is 0.625. The Hall–Kier alpha value is -0.510. The Balaban J connectivity index is 2.02. The highest BCUT2D eigenvalue weighted by molar-refractivity contribution is 9.10. The zero-order valence-corrected chi connectivity index (χ0v) is 8.42. The fourth-order valence-corrected chi connectivity index (χ4v) is 1.76. The Kier molecular flexibility index (Phi) is 2.09. The van der Waals surface area contributed by atoms with Crippen LogP contribution in [0.5, 0.6) is 0 Å². The SMILES string of the molecule is Nc1nn(CC2CCC2)cc1Br. The summed E-state index contributed by atoms with van der Waals surface area (Å²) in [6, 6.07) is 0. The summed E-state index contributed by atoms with van der Waals surface area (Å²) >= 11 is 3.34. The van der Waals surface area contributed by atoms with Gasteiger partial charge in [0.25, 0.3) is 0 Å². The molecule has 1 aromatic rings. The number of anilines is 1. The molecular weight excluding hydrogens is 218 g/mol. The van der Waals surface area contributed by atoms with Gasteiger partial charge in [-0.25, -0.2) is 0 Å². The minimum atomic E-state index is 0.592. The normalized spacial score (nSPS) is 17.8. The molecule has 0 saturated heterocycles.